The summed E-state index contributed by atoms with van der Waals surface area (Å²) in [6.07, 6.45) is 5.23. The fraction of sp³-hybridized carbons (Fsp3) is 0.231. The number of pyridine rings is 2. The van der Waals surface area contributed by atoms with Crippen LogP contribution in [0, 0.1) is 5.82 Å². The lowest BCUT2D eigenvalue weighted by atomic mass is 10.1. The van der Waals surface area contributed by atoms with Gasteiger partial charge in [-0.2, -0.15) is 13.2 Å². The summed E-state index contributed by atoms with van der Waals surface area (Å²) in [6.45, 7) is 5.10. The Hall–Kier alpha value is -3.97. The Balaban J connectivity index is 1.72. The van der Waals surface area contributed by atoms with Crippen molar-refractivity contribution in [1.29, 1.82) is 0 Å². The lowest BCUT2D eigenvalue weighted by molar-refractivity contribution is -0.137. The highest BCUT2D eigenvalue weighted by Crippen LogP contribution is 2.35. The van der Waals surface area contributed by atoms with Crippen LogP contribution in [0.1, 0.15) is 59.0 Å². The van der Waals surface area contributed by atoms with Crippen LogP contribution in [-0.2, 0) is 11.0 Å². The molecule has 14 heteroatoms. The summed E-state index contributed by atoms with van der Waals surface area (Å²) in [5.74, 6) is -2.15. The monoisotopic (exact) mass is 594 g/mol. The Morgan fingerprint density at radius 2 is 1.98 bits per heavy atom. The Bertz CT molecular complexity index is 1490. The van der Waals surface area contributed by atoms with Gasteiger partial charge in [0.25, 0.3) is 5.91 Å². The summed E-state index contributed by atoms with van der Waals surface area (Å²) < 4.78 is 53.6. The average Bonchev–Trinajstić information content (AvgIpc) is 3.40. The molecule has 2 N–H and O–H groups in total. The maximum atomic E-state index is 14.3. The van der Waals surface area contributed by atoms with Gasteiger partial charge >= 0.3 is 6.18 Å². The van der Waals surface area contributed by atoms with Crippen molar-refractivity contribution in [2.45, 2.75) is 39.4 Å². The first-order valence-corrected chi connectivity index (χ1v) is 12.9. The quantitative estimate of drug-likeness (QED) is 0.166. The van der Waals surface area contributed by atoms with Gasteiger partial charge in [-0.05, 0) is 38.5 Å². The molecule has 2 amide bonds. The average molecular weight is 595 g/mol. The number of rotatable bonds is 9. The lowest BCUT2D eigenvalue weighted by Crippen LogP contribution is -2.27. The molecule has 210 valence electrons. The van der Waals surface area contributed by atoms with E-state index < -0.39 is 40.4 Å². The number of amides is 2. The van der Waals surface area contributed by atoms with Crippen molar-refractivity contribution < 1.29 is 27.2 Å². The number of carbonyl (C=O) groups excluding carboxylic acids is 2. The first-order chi connectivity index (χ1) is 18.9. The van der Waals surface area contributed by atoms with Crippen LogP contribution in [0.15, 0.2) is 65.8 Å². The molecule has 1 atom stereocenters. The number of anilines is 1. The lowest BCUT2D eigenvalue weighted by Gasteiger charge is -2.12. The van der Waals surface area contributed by atoms with E-state index in [-0.39, 0.29) is 27.5 Å². The molecular weight excluding hydrogens is 572 g/mol. The van der Waals surface area contributed by atoms with Crippen LogP contribution < -0.4 is 10.6 Å². The molecule has 0 fully saturated rings. The van der Waals surface area contributed by atoms with Crippen LogP contribution in [0.25, 0.3) is 0 Å². The minimum absolute atomic E-state index is 0.0824. The second-order valence-electron chi connectivity index (χ2n) is 8.25. The van der Waals surface area contributed by atoms with Crippen LogP contribution >= 0.6 is 22.9 Å². The maximum absolute atomic E-state index is 14.3. The zero-order chi connectivity index (χ0) is 29.4. The van der Waals surface area contributed by atoms with Gasteiger partial charge in [-0.3, -0.25) is 19.6 Å². The molecule has 1 unspecified atom stereocenters. The van der Waals surface area contributed by atoms with Gasteiger partial charge in [0.2, 0.25) is 5.91 Å². The third-order valence-electron chi connectivity index (χ3n) is 5.18. The molecule has 0 saturated heterocycles. The van der Waals surface area contributed by atoms with E-state index >= 15 is 0 Å². The molecule has 0 aliphatic rings. The Kier molecular flexibility index (Phi) is 10.2. The number of aromatic nitrogens is 3. The number of carbonyl (C=O) groups is 2. The van der Waals surface area contributed by atoms with Crippen molar-refractivity contribution in [3.05, 3.63) is 92.7 Å². The van der Waals surface area contributed by atoms with E-state index in [1.54, 1.807) is 13.0 Å². The zero-order valence-electron chi connectivity index (χ0n) is 21.4. The van der Waals surface area contributed by atoms with Gasteiger partial charge < -0.3 is 10.6 Å². The van der Waals surface area contributed by atoms with Crippen molar-refractivity contribution >= 4 is 46.3 Å². The second kappa shape index (κ2) is 13.4. The summed E-state index contributed by atoms with van der Waals surface area (Å²) in [5.41, 5.74) is -0.507. The molecule has 3 aromatic rings. The molecule has 0 aromatic carbocycles. The smallest absolute Gasteiger partial charge is 0.343 e. The summed E-state index contributed by atoms with van der Waals surface area (Å²) in [6, 6.07) is 1.45. The third-order valence-corrected chi connectivity index (χ3v) is 6.66. The van der Waals surface area contributed by atoms with Crippen molar-refractivity contribution in [1.82, 2.24) is 20.3 Å². The van der Waals surface area contributed by atoms with Crippen molar-refractivity contribution in [3.63, 3.8) is 0 Å². The molecule has 0 spiro atoms. The number of aliphatic imine (C=N–C) groups is 1. The molecule has 0 bridgehead atoms. The van der Waals surface area contributed by atoms with Gasteiger partial charge in [0.05, 0.1) is 34.7 Å². The zero-order valence-corrected chi connectivity index (χ0v) is 23.0. The Morgan fingerprint density at radius 1 is 1.23 bits per heavy atom. The minimum Gasteiger partial charge on any atom is -0.343 e. The number of halogens is 5. The minimum atomic E-state index is -4.72. The second-order valence-corrected chi connectivity index (χ2v) is 9.72. The van der Waals surface area contributed by atoms with Crippen LogP contribution in [-0.4, -0.2) is 32.5 Å². The predicted molar refractivity (Wildman–Crippen MR) is 145 cm³/mol. The van der Waals surface area contributed by atoms with Crippen LogP contribution in [0.2, 0.25) is 5.02 Å². The highest BCUT2D eigenvalue weighted by molar-refractivity contribution is 7.13. The predicted octanol–water partition coefficient (Wildman–Crippen LogP) is 6.53. The summed E-state index contributed by atoms with van der Waals surface area (Å²) >= 11 is 6.50. The normalized spacial score (nSPS) is 13.4. The fourth-order valence-corrected chi connectivity index (χ4v) is 4.17. The van der Waals surface area contributed by atoms with Crippen molar-refractivity contribution in [3.8, 4) is 0 Å². The standard InChI is InChI=1S/C26H23ClF4N6O2S/c1-4-5-7-33-20(16-6-8-32-12-19(16)28)9-14(2)23(38)36-15(3)25-35-13-21(40-25)24(39)37-22-10-17(26(29,30)31)18(27)11-34-22/h5-13,15H,4H2,1-3H3,(H,36,38)(H,34,37,39)/b7-5+,14-9+,33-20-. The number of hydrogen-bond acceptors (Lipinski definition) is 7. The van der Waals surface area contributed by atoms with Gasteiger partial charge in [-0.15, -0.1) is 11.3 Å². The van der Waals surface area contributed by atoms with Gasteiger partial charge in [0.15, 0.2) is 5.82 Å². The Labute approximate surface area is 235 Å². The number of nitrogens with zero attached hydrogens (tertiary/aromatic N) is 4. The van der Waals surface area contributed by atoms with Crippen molar-refractivity contribution in [2.75, 3.05) is 5.32 Å². The van der Waals surface area contributed by atoms with Crippen LogP contribution in [0.3, 0.4) is 0 Å². The Morgan fingerprint density at radius 3 is 2.65 bits per heavy atom. The van der Waals surface area contributed by atoms with Crippen LogP contribution in [0.5, 0.6) is 0 Å². The molecule has 3 rings (SSSR count). The SMILES string of the molecule is CC/C=C/N=C(/C=C(\C)C(=O)NC(C)c1ncc(C(=O)Nc2cc(C(F)(F)F)c(Cl)cn2)s1)c1ccncc1F. The van der Waals surface area contributed by atoms with E-state index in [0.717, 1.165) is 30.2 Å². The first kappa shape index (κ1) is 30.6. The maximum Gasteiger partial charge on any atom is 0.418 e. The van der Waals surface area contributed by atoms with Crippen LogP contribution in [0.4, 0.5) is 23.4 Å². The van der Waals surface area contributed by atoms with E-state index in [9.17, 15) is 27.2 Å². The molecule has 3 heterocycles. The molecule has 0 radical (unpaired) electrons. The molecule has 3 aromatic heterocycles. The third kappa shape index (κ3) is 8.02. The molecule has 40 heavy (non-hydrogen) atoms. The van der Waals surface area contributed by atoms with E-state index in [4.69, 9.17) is 11.6 Å². The molecule has 0 aliphatic carbocycles. The number of hydrogen-bond donors (Lipinski definition) is 2. The highest BCUT2D eigenvalue weighted by atomic mass is 35.5. The fourth-order valence-electron chi connectivity index (χ4n) is 3.14. The number of thiazole rings is 1. The number of alkyl halides is 3. The molecule has 0 aliphatic heterocycles. The topological polar surface area (TPSA) is 109 Å². The van der Waals surface area contributed by atoms with Crippen molar-refractivity contribution in [2.24, 2.45) is 4.99 Å². The molecular formula is C26H23ClF4N6O2S. The van der Waals surface area contributed by atoms with Gasteiger partial charge in [0, 0.05) is 29.7 Å². The number of nitrogens with one attached hydrogen (secondary N) is 2. The van der Waals surface area contributed by atoms with Gasteiger partial charge in [-0.1, -0.05) is 24.6 Å². The summed E-state index contributed by atoms with van der Waals surface area (Å²) in [5, 5.41) is 4.80. The largest absolute Gasteiger partial charge is 0.418 e. The molecule has 8 nitrogen and oxygen atoms in total. The summed E-state index contributed by atoms with van der Waals surface area (Å²) in [7, 11) is 0. The first-order valence-electron chi connectivity index (χ1n) is 11.7. The van der Waals surface area contributed by atoms with Gasteiger partial charge in [0.1, 0.15) is 15.7 Å². The number of allylic oxidation sites excluding steroid dienone is 2. The van der Waals surface area contributed by atoms with E-state index in [2.05, 4.69) is 30.6 Å². The van der Waals surface area contributed by atoms with E-state index in [1.165, 1.54) is 37.7 Å². The highest BCUT2D eigenvalue weighted by Gasteiger charge is 2.34. The summed E-state index contributed by atoms with van der Waals surface area (Å²) in [4.78, 5) is 41.4. The molecule has 0 saturated carbocycles. The van der Waals surface area contributed by atoms with E-state index in [1.807, 2.05) is 6.92 Å². The van der Waals surface area contributed by atoms with Gasteiger partial charge in [-0.25, -0.2) is 14.4 Å². The van der Waals surface area contributed by atoms with E-state index in [0.29, 0.717) is 11.1 Å².